The van der Waals surface area contributed by atoms with Gasteiger partial charge in [0.2, 0.25) is 0 Å². The molecule has 0 atom stereocenters. The highest BCUT2D eigenvalue weighted by atomic mass is 16.6. The zero-order valence-electron chi connectivity index (χ0n) is 11.2. The van der Waals surface area contributed by atoms with Crippen LogP contribution in [0.1, 0.15) is 39.7 Å². The quantitative estimate of drug-likeness (QED) is 0.502. The molecule has 0 aliphatic rings. The van der Waals surface area contributed by atoms with Crippen LogP contribution < -0.4 is 5.32 Å². The van der Waals surface area contributed by atoms with Crippen LogP contribution >= 0.6 is 0 Å². The van der Waals surface area contributed by atoms with Crippen molar-refractivity contribution in [1.29, 1.82) is 0 Å². The number of nitrogens with one attached hydrogen (secondary N) is 1. The fourth-order valence-electron chi connectivity index (χ4n) is 1.45. The first-order chi connectivity index (χ1) is 8.39. The standard InChI is InChI=1S/C14H18N2O2/c1-5-7-11-10-12(16(17)18)8-9-13(11)15-14(3,4)6-2/h8-10,15H,6H2,1-4H3. The van der Waals surface area contributed by atoms with Gasteiger partial charge in [-0.3, -0.25) is 10.1 Å². The topological polar surface area (TPSA) is 55.2 Å². The van der Waals surface area contributed by atoms with Gasteiger partial charge in [-0.25, -0.2) is 0 Å². The molecule has 1 aromatic rings. The third-order valence-electron chi connectivity index (χ3n) is 2.83. The summed E-state index contributed by atoms with van der Waals surface area (Å²) in [6, 6.07) is 4.72. The van der Waals surface area contributed by atoms with Gasteiger partial charge < -0.3 is 5.32 Å². The van der Waals surface area contributed by atoms with Crippen molar-refractivity contribution in [1.82, 2.24) is 0 Å². The molecule has 0 bridgehead atoms. The lowest BCUT2D eigenvalue weighted by atomic mass is 10.0. The number of anilines is 1. The number of nitrogens with zero attached hydrogens (tertiary/aromatic N) is 1. The van der Waals surface area contributed by atoms with Gasteiger partial charge >= 0.3 is 0 Å². The zero-order chi connectivity index (χ0) is 13.8. The number of benzene rings is 1. The number of rotatable bonds is 4. The van der Waals surface area contributed by atoms with E-state index in [2.05, 4.69) is 37.9 Å². The summed E-state index contributed by atoms with van der Waals surface area (Å²) in [5.74, 6) is 5.68. The van der Waals surface area contributed by atoms with Gasteiger partial charge in [-0.2, -0.15) is 0 Å². The maximum absolute atomic E-state index is 10.7. The fraction of sp³-hybridized carbons (Fsp3) is 0.429. The maximum atomic E-state index is 10.7. The number of nitro benzene ring substituents is 1. The van der Waals surface area contributed by atoms with Crippen LogP contribution in [0.15, 0.2) is 18.2 Å². The molecule has 0 aliphatic heterocycles. The average molecular weight is 246 g/mol. The molecule has 0 radical (unpaired) electrons. The van der Waals surface area contributed by atoms with Gasteiger partial charge in [0.1, 0.15) is 0 Å². The van der Waals surface area contributed by atoms with E-state index in [0.717, 1.165) is 12.1 Å². The van der Waals surface area contributed by atoms with E-state index in [1.165, 1.54) is 12.1 Å². The first kappa shape index (κ1) is 14.0. The van der Waals surface area contributed by atoms with Crippen molar-refractivity contribution in [2.75, 3.05) is 5.32 Å². The van der Waals surface area contributed by atoms with E-state index >= 15 is 0 Å². The third kappa shape index (κ3) is 3.49. The summed E-state index contributed by atoms with van der Waals surface area (Å²) in [5.41, 5.74) is 1.49. The van der Waals surface area contributed by atoms with Gasteiger partial charge in [0, 0.05) is 17.7 Å². The van der Waals surface area contributed by atoms with Gasteiger partial charge in [-0.05, 0) is 33.3 Å². The van der Waals surface area contributed by atoms with E-state index in [4.69, 9.17) is 0 Å². The molecule has 0 aliphatic carbocycles. The summed E-state index contributed by atoms with van der Waals surface area (Å²) in [5, 5.41) is 14.1. The van der Waals surface area contributed by atoms with Crippen LogP contribution in [0.5, 0.6) is 0 Å². The Hall–Kier alpha value is -2.02. The van der Waals surface area contributed by atoms with Crippen LogP contribution in [0.2, 0.25) is 0 Å². The molecule has 0 heterocycles. The normalized spacial score (nSPS) is 10.4. The Bertz CT molecular complexity index is 510. The minimum atomic E-state index is -0.407. The Morgan fingerprint density at radius 3 is 2.61 bits per heavy atom. The van der Waals surface area contributed by atoms with Crippen molar-refractivity contribution in [3.05, 3.63) is 33.9 Å². The van der Waals surface area contributed by atoms with Gasteiger partial charge in [0.05, 0.1) is 16.2 Å². The Kier molecular flexibility index (Phi) is 4.33. The minimum absolute atomic E-state index is 0.0626. The highest BCUT2D eigenvalue weighted by molar-refractivity contribution is 5.63. The summed E-state index contributed by atoms with van der Waals surface area (Å²) in [6.07, 6.45) is 0.947. The SMILES string of the molecule is CC#Cc1cc([N+](=O)[O-])ccc1NC(C)(C)CC. The molecule has 0 amide bonds. The molecule has 0 saturated carbocycles. The second-order valence-corrected chi connectivity index (χ2v) is 4.72. The van der Waals surface area contributed by atoms with Crippen molar-refractivity contribution in [3.63, 3.8) is 0 Å². The molecule has 0 unspecified atom stereocenters. The second kappa shape index (κ2) is 5.54. The predicted octanol–water partition coefficient (Wildman–Crippen LogP) is 3.57. The number of hydrogen-bond acceptors (Lipinski definition) is 3. The summed E-state index contributed by atoms with van der Waals surface area (Å²) >= 11 is 0. The van der Waals surface area contributed by atoms with Crippen molar-refractivity contribution >= 4 is 11.4 Å². The Labute approximate surface area is 108 Å². The van der Waals surface area contributed by atoms with Crippen LogP contribution in [0.25, 0.3) is 0 Å². The van der Waals surface area contributed by atoms with E-state index in [1.807, 2.05) is 0 Å². The molecule has 96 valence electrons. The Morgan fingerprint density at radius 2 is 2.11 bits per heavy atom. The van der Waals surface area contributed by atoms with Gasteiger partial charge in [-0.1, -0.05) is 12.8 Å². The van der Waals surface area contributed by atoms with E-state index in [0.29, 0.717) is 5.56 Å². The predicted molar refractivity (Wildman–Crippen MR) is 73.6 cm³/mol. The average Bonchev–Trinajstić information content (AvgIpc) is 2.31. The molecule has 1 rings (SSSR count). The molecule has 4 heteroatoms. The van der Waals surface area contributed by atoms with Crippen LogP contribution in [0, 0.1) is 22.0 Å². The van der Waals surface area contributed by atoms with Crippen molar-refractivity contribution in [3.8, 4) is 11.8 Å². The summed E-state index contributed by atoms with van der Waals surface area (Å²) < 4.78 is 0. The van der Waals surface area contributed by atoms with Gasteiger partial charge in [-0.15, -0.1) is 5.92 Å². The largest absolute Gasteiger partial charge is 0.379 e. The number of nitro groups is 1. The summed E-state index contributed by atoms with van der Waals surface area (Å²) in [6.45, 7) is 7.96. The third-order valence-corrected chi connectivity index (χ3v) is 2.83. The van der Waals surface area contributed by atoms with E-state index in [-0.39, 0.29) is 11.2 Å². The van der Waals surface area contributed by atoms with E-state index < -0.39 is 4.92 Å². The Morgan fingerprint density at radius 1 is 1.44 bits per heavy atom. The molecular weight excluding hydrogens is 228 g/mol. The fourth-order valence-corrected chi connectivity index (χ4v) is 1.45. The Balaban J connectivity index is 3.18. The van der Waals surface area contributed by atoms with Crippen molar-refractivity contribution in [2.45, 2.75) is 39.7 Å². The minimum Gasteiger partial charge on any atom is -0.379 e. The highest BCUT2D eigenvalue weighted by Gasteiger charge is 2.17. The van der Waals surface area contributed by atoms with E-state index in [1.54, 1.807) is 13.0 Å². The molecule has 1 N–H and O–H groups in total. The molecule has 0 spiro atoms. The number of non-ortho nitro benzene ring substituents is 1. The second-order valence-electron chi connectivity index (χ2n) is 4.72. The van der Waals surface area contributed by atoms with Crippen LogP contribution in [0.3, 0.4) is 0 Å². The first-order valence-corrected chi connectivity index (χ1v) is 5.89. The smallest absolute Gasteiger partial charge is 0.270 e. The molecule has 0 fully saturated rings. The van der Waals surface area contributed by atoms with Crippen LogP contribution in [-0.4, -0.2) is 10.5 Å². The molecule has 1 aromatic carbocycles. The van der Waals surface area contributed by atoms with Gasteiger partial charge in [0.15, 0.2) is 0 Å². The number of hydrogen-bond donors (Lipinski definition) is 1. The van der Waals surface area contributed by atoms with Crippen molar-refractivity contribution < 1.29 is 4.92 Å². The summed E-state index contributed by atoms with van der Waals surface area (Å²) in [7, 11) is 0. The van der Waals surface area contributed by atoms with Crippen LogP contribution in [0.4, 0.5) is 11.4 Å². The highest BCUT2D eigenvalue weighted by Crippen LogP contribution is 2.25. The monoisotopic (exact) mass is 246 g/mol. The molecule has 0 aromatic heterocycles. The lowest BCUT2D eigenvalue weighted by Crippen LogP contribution is -2.30. The maximum Gasteiger partial charge on any atom is 0.270 e. The molecule has 0 saturated heterocycles. The zero-order valence-corrected chi connectivity index (χ0v) is 11.2. The molecular formula is C14H18N2O2. The molecule has 18 heavy (non-hydrogen) atoms. The molecule has 4 nitrogen and oxygen atoms in total. The van der Waals surface area contributed by atoms with E-state index in [9.17, 15) is 10.1 Å². The van der Waals surface area contributed by atoms with Gasteiger partial charge in [0.25, 0.3) is 5.69 Å². The lowest BCUT2D eigenvalue weighted by Gasteiger charge is -2.26. The first-order valence-electron chi connectivity index (χ1n) is 5.89. The van der Waals surface area contributed by atoms with Crippen LogP contribution in [-0.2, 0) is 0 Å². The van der Waals surface area contributed by atoms with Crippen molar-refractivity contribution in [2.24, 2.45) is 0 Å². The summed E-state index contributed by atoms with van der Waals surface area (Å²) in [4.78, 5) is 10.3. The lowest BCUT2D eigenvalue weighted by molar-refractivity contribution is -0.384.